The van der Waals surface area contributed by atoms with E-state index in [-0.39, 0.29) is 17.9 Å². The van der Waals surface area contributed by atoms with Gasteiger partial charge < -0.3 is 14.6 Å². The van der Waals surface area contributed by atoms with Crippen LogP contribution in [0.1, 0.15) is 89.1 Å². The number of nitrogens with one attached hydrogen (secondary N) is 1. The molecule has 1 amide bonds. The fraction of sp³-hybridized carbons (Fsp3) is 0.517. The smallest absolute Gasteiger partial charge is 0.223 e. The van der Waals surface area contributed by atoms with Crippen LogP contribution in [0.4, 0.5) is 0 Å². The zero-order valence-electron chi connectivity index (χ0n) is 20.9. The molecule has 1 unspecified atom stereocenters. The maximum Gasteiger partial charge on any atom is 0.223 e. The van der Waals surface area contributed by atoms with Crippen molar-refractivity contribution in [2.24, 2.45) is 5.92 Å². The Hall–Kier alpha value is -2.82. The van der Waals surface area contributed by atoms with Crippen LogP contribution in [0, 0.1) is 5.92 Å². The normalized spacial score (nSPS) is 15.5. The molecule has 0 bridgehead atoms. The predicted octanol–water partition coefficient (Wildman–Crippen LogP) is 6.78. The van der Waals surface area contributed by atoms with Crippen molar-refractivity contribution < 1.29 is 9.53 Å². The highest BCUT2D eigenvalue weighted by molar-refractivity contribution is 5.80. The standard InChI is InChI=1S/C29H39N3O2/c1-21(2)23-15-17-25(18-16-23)34-20-10-9-19-32-27-14-8-7-13-26(27)31-28(32)22(3)30-29(33)24-11-5-4-6-12-24/h7-8,13-18,21-22,24H,4-6,9-12,19-20H2,1-3H3,(H,30,33). The van der Waals surface area contributed by atoms with E-state index in [1.165, 1.54) is 12.0 Å². The summed E-state index contributed by atoms with van der Waals surface area (Å²) < 4.78 is 8.24. The Kier molecular flexibility index (Phi) is 8.25. The van der Waals surface area contributed by atoms with E-state index in [9.17, 15) is 4.79 Å². The van der Waals surface area contributed by atoms with Crippen LogP contribution < -0.4 is 10.1 Å². The Morgan fingerprint density at radius 3 is 2.50 bits per heavy atom. The van der Waals surface area contributed by atoms with Crippen molar-refractivity contribution in [2.45, 2.75) is 84.2 Å². The summed E-state index contributed by atoms with van der Waals surface area (Å²) in [6.45, 7) is 8.01. The number of hydrogen-bond acceptors (Lipinski definition) is 3. The maximum absolute atomic E-state index is 12.8. The first-order valence-electron chi connectivity index (χ1n) is 13.0. The minimum atomic E-state index is -0.113. The number of ether oxygens (including phenoxy) is 1. The number of hydrogen-bond donors (Lipinski definition) is 1. The molecule has 1 aliphatic carbocycles. The van der Waals surface area contributed by atoms with Gasteiger partial charge in [0.15, 0.2) is 0 Å². The van der Waals surface area contributed by atoms with E-state index in [1.807, 2.05) is 6.07 Å². The van der Waals surface area contributed by atoms with Crippen LogP contribution in [-0.4, -0.2) is 22.1 Å². The second-order valence-electron chi connectivity index (χ2n) is 9.95. The van der Waals surface area contributed by atoms with Crippen LogP contribution in [0.3, 0.4) is 0 Å². The monoisotopic (exact) mass is 461 g/mol. The fourth-order valence-electron chi connectivity index (χ4n) is 4.93. The molecule has 1 saturated carbocycles. The quantitative estimate of drug-likeness (QED) is 0.339. The molecule has 0 aliphatic heterocycles. The van der Waals surface area contributed by atoms with E-state index in [0.717, 1.165) is 67.7 Å². The number of carbonyl (C=O) groups is 1. The molecule has 5 nitrogen and oxygen atoms in total. The van der Waals surface area contributed by atoms with Gasteiger partial charge in [-0.1, -0.05) is 57.4 Å². The minimum Gasteiger partial charge on any atom is -0.494 e. The molecule has 4 rings (SSSR count). The zero-order valence-corrected chi connectivity index (χ0v) is 20.9. The topological polar surface area (TPSA) is 56.1 Å². The lowest BCUT2D eigenvalue weighted by Gasteiger charge is -2.23. The van der Waals surface area contributed by atoms with E-state index in [1.54, 1.807) is 0 Å². The van der Waals surface area contributed by atoms with Gasteiger partial charge in [0.2, 0.25) is 5.91 Å². The van der Waals surface area contributed by atoms with E-state index in [0.29, 0.717) is 12.5 Å². The number of aryl methyl sites for hydroxylation is 1. The Bertz CT molecular complexity index is 1060. The summed E-state index contributed by atoms with van der Waals surface area (Å²) in [6.07, 6.45) is 7.54. The molecule has 0 radical (unpaired) electrons. The highest BCUT2D eigenvalue weighted by Crippen LogP contribution is 2.26. The van der Waals surface area contributed by atoms with Crippen molar-refractivity contribution in [3.05, 3.63) is 59.9 Å². The highest BCUT2D eigenvalue weighted by atomic mass is 16.5. The number of para-hydroxylation sites is 2. The molecule has 0 saturated heterocycles. The molecule has 2 aromatic carbocycles. The number of benzene rings is 2. The van der Waals surface area contributed by atoms with Crippen LogP contribution in [0.5, 0.6) is 5.75 Å². The summed E-state index contributed by atoms with van der Waals surface area (Å²) in [5, 5.41) is 3.26. The molecule has 1 N–H and O–H groups in total. The van der Waals surface area contributed by atoms with Gasteiger partial charge in [0.1, 0.15) is 11.6 Å². The molecule has 182 valence electrons. The Morgan fingerprint density at radius 1 is 1.03 bits per heavy atom. The third kappa shape index (κ3) is 5.99. The SMILES string of the molecule is CC(C)c1ccc(OCCCCn2c(C(C)NC(=O)C3CCCCC3)nc3ccccc32)cc1. The van der Waals surface area contributed by atoms with Gasteiger partial charge in [-0.15, -0.1) is 0 Å². The molecular weight excluding hydrogens is 422 g/mol. The lowest BCUT2D eigenvalue weighted by Crippen LogP contribution is -2.35. The first-order valence-corrected chi connectivity index (χ1v) is 13.0. The molecule has 34 heavy (non-hydrogen) atoms. The van der Waals surface area contributed by atoms with Gasteiger partial charge in [0.05, 0.1) is 23.7 Å². The second kappa shape index (κ2) is 11.5. The minimum absolute atomic E-state index is 0.113. The van der Waals surface area contributed by atoms with Crippen LogP contribution in [0.15, 0.2) is 48.5 Å². The lowest BCUT2D eigenvalue weighted by molar-refractivity contribution is -0.126. The van der Waals surface area contributed by atoms with Crippen molar-refractivity contribution >= 4 is 16.9 Å². The number of carbonyl (C=O) groups excluding carboxylic acids is 1. The molecule has 5 heteroatoms. The average Bonchev–Trinajstić information content (AvgIpc) is 3.23. The van der Waals surface area contributed by atoms with E-state index in [4.69, 9.17) is 9.72 Å². The second-order valence-corrected chi connectivity index (χ2v) is 9.95. The summed E-state index contributed by atoms with van der Waals surface area (Å²) in [4.78, 5) is 17.7. The van der Waals surface area contributed by atoms with Crippen LogP contribution in [-0.2, 0) is 11.3 Å². The molecular formula is C29H39N3O2. The van der Waals surface area contributed by atoms with Gasteiger partial charge in [0.25, 0.3) is 0 Å². The maximum atomic E-state index is 12.8. The molecule has 1 heterocycles. The fourth-order valence-corrected chi connectivity index (χ4v) is 4.93. The number of rotatable bonds is 10. The Balaban J connectivity index is 1.35. The van der Waals surface area contributed by atoms with Crippen molar-refractivity contribution in [3.63, 3.8) is 0 Å². The summed E-state index contributed by atoms with van der Waals surface area (Å²) in [5.41, 5.74) is 3.44. The Morgan fingerprint density at radius 2 is 1.76 bits per heavy atom. The third-order valence-electron chi connectivity index (χ3n) is 7.00. The van der Waals surface area contributed by atoms with E-state index >= 15 is 0 Å². The number of unbranched alkanes of at least 4 members (excludes halogenated alkanes) is 1. The number of fused-ring (bicyclic) bond motifs is 1. The highest BCUT2D eigenvalue weighted by Gasteiger charge is 2.24. The number of amides is 1. The van der Waals surface area contributed by atoms with E-state index < -0.39 is 0 Å². The zero-order chi connectivity index (χ0) is 23.9. The van der Waals surface area contributed by atoms with Gasteiger partial charge in [-0.05, 0) is 68.4 Å². The summed E-state index contributed by atoms with van der Waals surface area (Å²) in [6, 6.07) is 16.5. The number of imidazole rings is 1. The van der Waals surface area contributed by atoms with Crippen molar-refractivity contribution in [1.29, 1.82) is 0 Å². The number of aromatic nitrogens is 2. The van der Waals surface area contributed by atoms with Crippen LogP contribution in [0.25, 0.3) is 11.0 Å². The largest absolute Gasteiger partial charge is 0.494 e. The van der Waals surface area contributed by atoms with Crippen LogP contribution in [0.2, 0.25) is 0 Å². The summed E-state index contributed by atoms with van der Waals surface area (Å²) in [5.74, 6) is 2.74. The molecule has 0 spiro atoms. The van der Waals surface area contributed by atoms with Gasteiger partial charge in [-0.3, -0.25) is 4.79 Å². The first-order chi connectivity index (χ1) is 16.5. The molecule has 1 atom stereocenters. The van der Waals surface area contributed by atoms with Crippen molar-refractivity contribution in [1.82, 2.24) is 14.9 Å². The Labute approximate surface area is 203 Å². The predicted molar refractivity (Wildman–Crippen MR) is 138 cm³/mol. The van der Waals surface area contributed by atoms with Gasteiger partial charge in [0, 0.05) is 12.5 Å². The molecule has 1 aromatic heterocycles. The van der Waals surface area contributed by atoms with Crippen molar-refractivity contribution in [2.75, 3.05) is 6.61 Å². The first kappa shape index (κ1) is 24.3. The summed E-state index contributed by atoms with van der Waals surface area (Å²) >= 11 is 0. The third-order valence-corrected chi connectivity index (χ3v) is 7.00. The molecule has 1 fully saturated rings. The van der Waals surface area contributed by atoms with Crippen molar-refractivity contribution in [3.8, 4) is 5.75 Å². The lowest BCUT2D eigenvalue weighted by atomic mass is 9.88. The molecule has 1 aliphatic rings. The molecule has 3 aromatic rings. The van der Waals surface area contributed by atoms with E-state index in [2.05, 4.69) is 73.1 Å². The van der Waals surface area contributed by atoms with Gasteiger partial charge in [-0.2, -0.15) is 0 Å². The van der Waals surface area contributed by atoms with Gasteiger partial charge >= 0.3 is 0 Å². The number of nitrogens with zero attached hydrogens (tertiary/aromatic N) is 2. The average molecular weight is 462 g/mol. The van der Waals surface area contributed by atoms with Crippen LogP contribution >= 0.6 is 0 Å². The summed E-state index contributed by atoms with van der Waals surface area (Å²) in [7, 11) is 0. The van der Waals surface area contributed by atoms with Gasteiger partial charge in [-0.25, -0.2) is 4.98 Å².